The third-order valence-corrected chi connectivity index (χ3v) is 2.44. The van der Waals surface area contributed by atoms with Gasteiger partial charge in [0.25, 0.3) is 5.56 Å². The summed E-state index contributed by atoms with van der Waals surface area (Å²) < 4.78 is 43.4. The number of alkyl halides is 3. The van der Waals surface area contributed by atoms with Crippen LogP contribution in [0.25, 0.3) is 0 Å². The summed E-state index contributed by atoms with van der Waals surface area (Å²) in [5, 5.41) is 0. The molecule has 0 aliphatic heterocycles. The van der Waals surface area contributed by atoms with E-state index in [1.54, 1.807) is 0 Å². The lowest BCUT2D eigenvalue weighted by Crippen LogP contribution is -2.21. The minimum absolute atomic E-state index is 0.0509. The predicted octanol–water partition coefficient (Wildman–Crippen LogP) is 2.32. The first-order chi connectivity index (χ1) is 8.90. The van der Waals surface area contributed by atoms with Crippen molar-refractivity contribution >= 4 is 6.29 Å². The first kappa shape index (κ1) is 13.1. The van der Waals surface area contributed by atoms with Crippen molar-refractivity contribution in [2.45, 2.75) is 12.7 Å². The second kappa shape index (κ2) is 4.75. The number of carbonyl (C=O) groups is 1. The highest BCUT2D eigenvalue weighted by atomic mass is 19.4. The Morgan fingerprint density at radius 3 is 2.53 bits per heavy atom. The lowest BCUT2D eigenvalue weighted by molar-refractivity contribution is -0.138. The molecule has 0 amide bonds. The van der Waals surface area contributed by atoms with Crippen LogP contribution in [0.3, 0.4) is 0 Å². The van der Waals surface area contributed by atoms with Gasteiger partial charge in [0, 0.05) is 12.3 Å². The molecule has 2 rings (SSSR count). The van der Waals surface area contributed by atoms with Gasteiger partial charge in [-0.05, 0) is 18.2 Å². The van der Waals surface area contributed by atoms with E-state index >= 15 is 0 Å². The van der Waals surface area contributed by atoms with Gasteiger partial charge in [-0.15, -0.1) is 0 Å². The van der Waals surface area contributed by atoms with Gasteiger partial charge in [0.2, 0.25) is 0 Å². The molecule has 0 spiro atoms. The Morgan fingerprint density at radius 1 is 1.21 bits per heavy atom. The molecule has 0 saturated heterocycles. The van der Waals surface area contributed by atoms with Gasteiger partial charge in [0.1, 0.15) is 5.76 Å². The van der Waals surface area contributed by atoms with Gasteiger partial charge in [-0.2, -0.15) is 13.2 Å². The largest absolute Gasteiger partial charge is 0.456 e. The van der Waals surface area contributed by atoms with E-state index in [1.165, 1.54) is 12.1 Å². The Kier molecular flexibility index (Phi) is 3.28. The number of halogens is 3. The maximum atomic E-state index is 12.5. The molecule has 0 aliphatic carbocycles. The summed E-state index contributed by atoms with van der Waals surface area (Å²) in [5.41, 5.74) is -1.51. The van der Waals surface area contributed by atoms with E-state index in [0.717, 1.165) is 16.7 Å². The Bertz CT molecular complexity index is 655. The maximum absolute atomic E-state index is 12.5. The summed E-state index contributed by atoms with van der Waals surface area (Å²) in [5.74, 6) is 0.276. The fraction of sp³-hybridized carbons (Fsp3) is 0.167. The Labute approximate surface area is 105 Å². The highest BCUT2D eigenvalue weighted by molar-refractivity contribution is 5.70. The average molecular weight is 271 g/mol. The van der Waals surface area contributed by atoms with Crippen molar-refractivity contribution in [3.8, 4) is 0 Å². The molecule has 0 saturated carbocycles. The van der Waals surface area contributed by atoms with Gasteiger partial charge in [-0.3, -0.25) is 9.59 Å². The minimum atomic E-state index is -4.52. The number of furan rings is 1. The summed E-state index contributed by atoms with van der Waals surface area (Å²) in [6.07, 6.45) is -3.34. The lowest BCUT2D eigenvalue weighted by Gasteiger charge is -2.09. The molecule has 0 unspecified atom stereocenters. The van der Waals surface area contributed by atoms with E-state index < -0.39 is 17.3 Å². The lowest BCUT2D eigenvalue weighted by atomic mass is 10.2. The molecule has 2 heterocycles. The van der Waals surface area contributed by atoms with Crippen LogP contribution < -0.4 is 5.56 Å². The summed E-state index contributed by atoms with van der Waals surface area (Å²) >= 11 is 0. The number of hydrogen-bond donors (Lipinski definition) is 0. The number of carbonyl (C=O) groups excluding carboxylic acids is 1. The molecule has 19 heavy (non-hydrogen) atoms. The zero-order valence-corrected chi connectivity index (χ0v) is 9.48. The van der Waals surface area contributed by atoms with E-state index in [-0.39, 0.29) is 18.1 Å². The van der Waals surface area contributed by atoms with Crippen LogP contribution in [0.5, 0.6) is 0 Å². The summed E-state index contributed by atoms with van der Waals surface area (Å²) in [6, 6.07) is 4.36. The molecular formula is C12H8F3NO3. The Hall–Kier alpha value is -2.31. The predicted molar refractivity (Wildman–Crippen MR) is 58.9 cm³/mol. The van der Waals surface area contributed by atoms with Crippen LogP contribution >= 0.6 is 0 Å². The quantitative estimate of drug-likeness (QED) is 0.805. The summed E-state index contributed by atoms with van der Waals surface area (Å²) in [4.78, 5) is 21.9. The van der Waals surface area contributed by atoms with E-state index in [9.17, 15) is 22.8 Å². The van der Waals surface area contributed by atoms with Crippen LogP contribution in [0.1, 0.15) is 21.9 Å². The molecule has 4 nitrogen and oxygen atoms in total. The van der Waals surface area contributed by atoms with Crippen LogP contribution in [0.15, 0.2) is 39.7 Å². The minimum Gasteiger partial charge on any atom is -0.456 e. The van der Waals surface area contributed by atoms with Gasteiger partial charge in [-0.1, -0.05) is 0 Å². The molecule has 0 atom stereocenters. The van der Waals surface area contributed by atoms with Gasteiger partial charge < -0.3 is 8.98 Å². The van der Waals surface area contributed by atoms with Crippen molar-refractivity contribution in [3.63, 3.8) is 0 Å². The molecule has 0 aromatic carbocycles. The van der Waals surface area contributed by atoms with Crippen LogP contribution in [-0.2, 0) is 12.7 Å². The number of aldehydes is 1. The normalized spacial score (nSPS) is 11.5. The van der Waals surface area contributed by atoms with Gasteiger partial charge in [0.05, 0.1) is 12.1 Å². The number of hydrogen-bond acceptors (Lipinski definition) is 3. The second-order valence-corrected chi connectivity index (χ2v) is 3.80. The fourth-order valence-corrected chi connectivity index (χ4v) is 1.53. The molecule has 2 aromatic heterocycles. The molecule has 7 heteroatoms. The molecule has 100 valence electrons. The molecule has 2 aromatic rings. The number of nitrogens with zero attached hydrogens (tertiary/aromatic N) is 1. The Morgan fingerprint density at radius 2 is 1.95 bits per heavy atom. The van der Waals surface area contributed by atoms with Crippen molar-refractivity contribution in [2.75, 3.05) is 0 Å². The molecule has 0 aliphatic rings. The van der Waals surface area contributed by atoms with Crippen molar-refractivity contribution in [2.24, 2.45) is 0 Å². The van der Waals surface area contributed by atoms with E-state index in [0.29, 0.717) is 12.5 Å². The van der Waals surface area contributed by atoms with E-state index in [1.807, 2.05) is 0 Å². The standard InChI is InChI=1S/C12H8F3NO3/c13-12(14,15)8-1-4-11(18)16(5-8)6-9-2-3-10(7-17)19-9/h1-5,7H,6H2. The topological polar surface area (TPSA) is 52.2 Å². The second-order valence-electron chi connectivity index (χ2n) is 3.80. The summed E-state index contributed by atoms with van der Waals surface area (Å²) in [7, 11) is 0. The maximum Gasteiger partial charge on any atom is 0.417 e. The first-order valence-corrected chi connectivity index (χ1v) is 5.22. The van der Waals surface area contributed by atoms with Gasteiger partial charge in [0.15, 0.2) is 12.0 Å². The fourth-order valence-electron chi connectivity index (χ4n) is 1.53. The highest BCUT2D eigenvalue weighted by Crippen LogP contribution is 2.28. The van der Waals surface area contributed by atoms with Crippen molar-refractivity contribution in [1.82, 2.24) is 4.57 Å². The highest BCUT2D eigenvalue weighted by Gasteiger charge is 2.31. The van der Waals surface area contributed by atoms with Crippen LogP contribution in [-0.4, -0.2) is 10.9 Å². The van der Waals surface area contributed by atoms with Crippen LogP contribution in [0.2, 0.25) is 0 Å². The zero-order valence-electron chi connectivity index (χ0n) is 9.48. The molecule has 0 N–H and O–H groups in total. The van der Waals surface area contributed by atoms with Crippen molar-refractivity contribution < 1.29 is 22.4 Å². The first-order valence-electron chi connectivity index (χ1n) is 5.22. The van der Waals surface area contributed by atoms with E-state index in [2.05, 4.69) is 0 Å². The van der Waals surface area contributed by atoms with Crippen LogP contribution in [0.4, 0.5) is 13.2 Å². The van der Waals surface area contributed by atoms with Crippen molar-refractivity contribution in [1.29, 1.82) is 0 Å². The number of aromatic nitrogens is 1. The average Bonchev–Trinajstić information content (AvgIpc) is 2.78. The molecular weight excluding hydrogens is 263 g/mol. The van der Waals surface area contributed by atoms with Gasteiger partial charge in [-0.25, -0.2) is 0 Å². The van der Waals surface area contributed by atoms with Crippen molar-refractivity contribution in [3.05, 3.63) is 57.9 Å². The SMILES string of the molecule is O=Cc1ccc(Cn2cc(C(F)(F)F)ccc2=O)o1. The zero-order chi connectivity index (χ0) is 14.0. The monoisotopic (exact) mass is 271 g/mol. The summed E-state index contributed by atoms with van der Waals surface area (Å²) in [6.45, 7) is -0.170. The number of pyridine rings is 1. The smallest absolute Gasteiger partial charge is 0.417 e. The molecule has 0 bridgehead atoms. The third kappa shape index (κ3) is 2.93. The van der Waals surface area contributed by atoms with Gasteiger partial charge >= 0.3 is 6.18 Å². The molecule has 0 radical (unpaired) electrons. The third-order valence-electron chi connectivity index (χ3n) is 2.44. The van der Waals surface area contributed by atoms with E-state index in [4.69, 9.17) is 4.42 Å². The van der Waals surface area contributed by atoms with Crippen LogP contribution in [0, 0.1) is 0 Å². The number of rotatable bonds is 3. The molecule has 0 fully saturated rings. The Balaban J connectivity index is 2.34.